The number of hydrogen-bond acceptors (Lipinski definition) is 4. The van der Waals surface area contributed by atoms with Crippen LogP contribution in [0.2, 0.25) is 0 Å². The molecule has 0 aliphatic heterocycles. The first-order valence-corrected chi connectivity index (χ1v) is 12.4. The molecule has 0 aromatic heterocycles. The Kier molecular flexibility index (Phi) is 7.65. The number of benzene rings is 3. The second-order valence-electron chi connectivity index (χ2n) is 6.90. The molecule has 0 heterocycles. The number of halogens is 1. The van der Waals surface area contributed by atoms with Gasteiger partial charge in [0.2, 0.25) is 0 Å². The van der Waals surface area contributed by atoms with Crippen molar-refractivity contribution in [3.63, 3.8) is 0 Å². The molecule has 0 unspecified atom stereocenters. The first kappa shape index (κ1) is 23.9. The molecule has 6 nitrogen and oxygen atoms in total. The summed E-state index contributed by atoms with van der Waals surface area (Å²) in [6.07, 6.45) is 0. The van der Waals surface area contributed by atoms with Gasteiger partial charge in [-0.05, 0) is 80.2 Å². The number of rotatable bonds is 6. The van der Waals surface area contributed by atoms with Gasteiger partial charge in [-0.15, -0.1) is 0 Å². The van der Waals surface area contributed by atoms with E-state index in [-0.39, 0.29) is 15.9 Å². The monoisotopic (exact) mass is 531 g/mol. The minimum absolute atomic E-state index is 0.113. The zero-order chi connectivity index (χ0) is 23.3. The van der Waals surface area contributed by atoms with Crippen LogP contribution in [0.3, 0.4) is 0 Å². The Hall–Kier alpha value is -2.75. The number of carbonyl (C=O) groups is 1. The van der Waals surface area contributed by atoms with Crippen LogP contribution in [0.5, 0.6) is 0 Å². The largest absolute Gasteiger partial charge is 0.332 e. The van der Waals surface area contributed by atoms with Gasteiger partial charge in [0, 0.05) is 22.3 Å². The number of aryl methyl sites for hydroxylation is 1. The summed E-state index contributed by atoms with van der Waals surface area (Å²) in [5.74, 6) is -0.344. The van der Waals surface area contributed by atoms with Crippen LogP contribution in [-0.4, -0.2) is 26.0 Å². The van der Waals surface area contributed by atoms with Crippen molar-refractivity contribution in [3.05, 3.63) is 88.4 Å². The highest BCUT2D eigenvalue weighted by molar-refractivity contribution is 9.10. The number of carbonyl (C=O) groups excluding carboxylic acids is 1. The van der Waals surface area contributed by atoms with Gasteiger partial charge in [0.05, 0.1) is 10.6 Å². The molecule has 32 heavy (non-hydrogen) atoms. The van der Waals surface area contributed by atoms with Gasteiger partial charge in [-0.25, -0.2) is 8.42 Å². The first-order valence-electron chi connectivity index (χ1n) is 9.78. The maximum atomic E-state index is 13.1. The minimum atomic E-state index is -3.71. The standard InChI is InChI=1S/C23H22BrN3O3S2/c1-3-27(19-7-5-4-6-8-19)32(29,30)20-13-11-18(12-14-20)25-23(31)26-22(28)17-10-9-16(2)21(24)15-17/h4-15H,3H2,1-2H3,(H2,25,26,28,31). The van der Waals surface area contributed by atoms with Crippen molar-refractivity contribution in [1.29, 1.82) is 0 Å². The van der Waals surface area contributed by atoms with E-state index in [0.29, 0.717) is 23.5 Å². The lowest BCUT2D eigenvalue weighted by molar-refractivity contribution is 0.0977. The normalized spacial score (nSPS) is 11.0. The van der Waals surface area contributed by atoms with E-state index < -0.39 is 10.0 Å². The number of nitrogens with zero attached hydrogens (tertiary/aromatic N) is 1. The van der Waals surface area contributed by atoms with Crippen molar-refractivity contribution in [2.75, 3.05) is 16.2 Å². The van der Waals surface area contributed by atoms with Crippen LogP contribution < -0.4 is 14.9 Å². The third-order valence-electron chi connectivity index (χ3n) is 4.69. The van der Waals surface area contributed by atoms with Crippen molar-refractivity contribution < 1.29 is 13.2 Å². The molecular weight excluding hydrogens is 510 g/mol. The highest BCUT2D eigenvalue weighted by atomic mass is 79.9. The molecule has 166 valence electrons. The summed E-state index contributed by atoms with van der Waals surface area (Å²) in [5.41, 5.74) is 2.64. The Balaban J connectivity index is 1.69. The SMILES string of the molecule is CCN(c1ccccc1)S(=O)(=O)c1ccc(NC(=S)NC(=O)c2ccc(C)c(Br)c2)cc1. The Labute approximate surface area is 201 Å². The van der Waals surface area contributed by atoms with Gasteiger partial charge in [0.15, 0.2) is 5.11 Å². The number of para-hydroxylation sites is 1. The van der Waals surface area contributed by atoms with E-state index in [2.05, 4.69) is 26.6 Å². The number of nitrogens with one attached hydrogen (secondary N) is 2. The fourth-order valence-corrected chi connectivity index (χ4v) is 5.06. The van der Waals surface area contributed by atoms with E-state index in [1.165, 1.54) is 16.4 Å². The van der Waals surface area contributed by atoms with Gasteiger partial charge < -0.3 is 5.32 Å². The molecule has 0 fully saturated rings. The maximum Gasteiger partial charge on any atom is 0.264 e. The Bertz CT molecular complexity index is 1230. The van der Waals surface area contributed by atoms with E-state index in [0.717, 1.165) is 10.0 Å². The summed E-state index contributed by atoms with van der Waals surface area (Å²) in [7, 11) is -3.71. The average Bonchev–Trinajstić information content (AvgIpc) is 2.77. The molecule has 1 amide bonds. The number of hydrogen-bond donors (Lipinski definition) is 2. The van der Waals surface area contributed by atoms with Crippen molar-refractivity contribution in [2.45, 2.75) is 18.7 Å². The van der Waals surface area contributed by atoms with Gasteiger partial charge in [-0.2, -0.15) is 0 Å². The summed E-state index contributed by atoms with van der Waals surface area (Å²) >= 11 is 8.63. The van der Waals surface area contributed by atoms with Gasteiger partial charge in [0.25, 0.3) is 15.9 Å². The predicted molar refractivity (Wildman–Crippen MR) is 136 cm³/mol. The third kappa shape index (κ3) is 5.53. The van der Waals surface area contributed by atoms with E-state index in [4.69, 9.17) is 12.2 Å². The summed E-state index contributed by atoms with van der Waals surface area (Å²) in [4.78, 5) is 12.6. The molecule has 0 aliphatic carbocycles. The lowest BCUT2D eigenvalue weighted by Crippen LogP contribution is -2.34. The van der Waals surface area contributed by atoms with Crippen molar-refractivity contribution in [2.24, 2.45) is 0 Å². The molecule has 3 aromatic rings. The van der Waals surface area contributed by atoms with Crippen LogP contribution in [0.15, 0.2) is 82.2 Å². The van der Waals surface area contributed by atoms with Crippen LogP contribution in [0.4, 0.5) is 11.4 Å². The lowest BCUT2D eigenvalue weighted by atomic mass is 10.1. The number of anilines is 2. The quantitative estimate of drug-likeness (QED) is 0.432. The first-order chi connectivity index (χ1) is 15.2. The zero-order valence-electron chi connectivity index (χ0n) is 17.5. The van der Waals surface area contributed by atoms with Crippen molar-refractivity contribution in [1.82, 2.24) is 5.32 Å². The molecule has 2 N–H and O–H groups in total. The predicted octanol–water partition coefficient (Wildman–Crippen LogP) is 5.10. The second kappa shape index (κ2) is 10.2. The summed E-state index contributed by atoms with van der Waals surface area (Å²) in [5, 5.41) is 5.63. The Morgan fingerprint density at radius 2 is 1.69 bits per heavy atom. The van der Waals surface area contributed by atoms with E-state index in [1.807, 2.05) is 19.1 Å². The van der Waals surface area contributed by atoms with E-state index >= 15 is 0 Å². The van der Waals surface area contributed by atoms with Gasteiger partial charge >= 0.3 is 0 Å². The Morgan fingerprint density at radius 3 is 2.28 bits per heavy atom. The van der Waals surface area contributed by atoms with Crippen LogP contribution >= 0.6 is 28.1 Å². The van der Waals surface area contributed by atoms with Crippen LogP contribution in [0.25, 0.3) is 0 Å². The van der Waals surface area contributed by atoms with Gasteiger partial charge in [-0.3, -0.25) is 14.4 Å². The Morgan fingerprint density at radius 1 is 1.03 bits per heavy atom. The molecule has 0 saturated heterocycles. The van der Waals surface area contributed by atoms with Gasteiger partial charge in [0.1, 0.15) is 0 Å². The summed E-state index contributed by atoms with van der Waals surface area (Å²) in [6, 6.07) is 20.4. The van der Waals surface area contributed by atoms with Crippen molar-refractivity contribution >= 4 is 60.6 Å². The topological polar surface area (TPSA) is 78.5 Å². The number of thiocarbonyl (C=S) groups is 1. The highest BCUT2D eigenvalue weighted by Crippen LogP contribution is 2.24. The van der Waals surface area contributed by atoms with E-state index in [9.17, 15) is 13.2 Å². The smallest absolute Gasteiger partial charge is 0.264 e. The molecule has 0 radical (unpaired) electrons. The fraction of sp³-hybridized carbons (Fsp3) is 0.130. The van der Waals surface area contributed by atoms with Crippen LogP contribution in [0, 0.1) is 6.92 Å². The lowest BCUT2D eigenvalue weighted by Gasteiger charge is -2.23. The van der Waals surface area contributed by atoms with Gasteiger partial charge in [-0.1, -0.05) is 40.2 Å². The second-order valence-corrected chi connectivity index (χ2v) is 10.0. The molecule has 3 aromatic carbocycles. The molecular formula is C23H22BrN3O3S2. The van der Waals surface area contributed by atoms with Crippen LogP contribution in [0.1, 0.15) is 22.8 Å². The highest BCUT2D eigenvalue weighted by Gasteiger charge is 2.23. The number of sulfonamides is 1. The fourth-order valence-electron chi connectivity index (χ4n) is 2.99. The molecule has 0 saturated carbocycles. The maximum absolute atomic E-state index is 13.1. The average molecular weight is 532 g/mol. The van der Waals surface area contributed by atoms with Crippen molar-refractivity contribution in [3.8, 4) is 0 Å². The summed E-state index contributed by atoms with van der Waals surface area (Å²) < 4.78 is 28.3. The molecule has 3 rings (SSSR count). The molecule has 0 aliphatic rings. The molecule has 0 bridgehead atoms. The van der Waals surface area contributed by atoms with Crippen LogP contribution in [-0.2, 0) is 10.0 Å². The minimum Gasteiger partial charge on any atom is -0.332 e. The molecule has 9 heteroatoms. The summed E-state index contributed by atoms with van der Waals surface area (Å²) in [6.45, 7) is 4.02. The molecule has 0 spiro atoms. The third-order valence-corrected chi connectivity index (χ3v) is 7.67. The number of amides is 1. The van der Waals surface area contributed by atoms with E-state index in [1.54, 1.807) is 55.5 Å². The molecule has 0 atom stereocenters. The zero-order valence-corrected chi connectivity index (χ0v) is 20.7.